The Morgan fingerprint density at radius 1 is 1.11 bits per heavy atom. The van der Waals surface area contributed by atoms with Crippen LogP contribution in [0.1, 0.15) is 69.4 Å². The lowest BCUT2D eigenvalue weighted by molar-refractivity contribution is -0.121. The number of carbonyl (C=O) groups excluding carboxylic acids is 1. The van der Waals surface area contributed by atoms with Crippen molar-refractivity contribution < 1.29 is 4.79 Å². The lowest BCUT2D eigenvalue weighted by Gasteiger charge is -2.33. The smallest absolute Gasteiger partial charge is 0.220 e. The number of nitrogens with two attached hydrogens (primary N) is 1. The van der Waals surface area contributed by atoms with E-state index in [-0.39, 0.29) is 30.7 Å². The zero-order valence-electron chi connectivity index (χ0n) is 16.6. The molecule has 0 bridgehead atoms. The Kier molecular flexibility index (Phi) is 14.7. The Bertz CT molecular complexity index is 528. The van der Waals surface area contributed by atoms with Crippen molar-refractivity contribution in [2.75, 3.05) is 13.1 Å². The number of carbonyl (C=O) groups is 1. The SMILES string of the molecule is CC1CCCCN1Cc1ccccc1CNC(=O)CCCCCCN.Cl.Cl. The van der Waals surface area contributed by atoms with Crippen LogP contribution in [0.2, 0.25) is 0 Å². The molecule has 1 aromatic rings. The van der Waals surface area contributed by atoms with Crippen molar-refractivity contribution in [3.63, 3.8) is 0 Å². The number of nitrogens with one attached hydrogen (secondary N) is 1. The van der Waals surface area contributed by atoms with Gasteiger partial charge in [-0.1, -0.05) is 43.5 Å². The van der Waals surface area contributed by atoms with E-state index < -0.39 is 0 Å². The lowest BCUT2D eigenvalue weighted by Crippen LogP contribution is -2.37. The van der Waals surface area contributed by atoms with Crippen LogP contribution < -0.4 is 11.1 Å². The minimum absolute atomic E-state index is 0. The van der Waals surface area contributed by atoms with Gasteiger partial charge in [0.2, 0.25) is 5.91 Å². The van der Waals surface area contributed by atoms with Crippen LogP contribution in [0.4, 0.5) is 0 Å². The van der Waals surface area contributed by atoms with Gasteiger partial charge < -0.3 is 11.1 Å². The van der Waals surface area contributed by atoms with E-state index in [1.165, 1.54) is 36.9 Å². The van der Waals surface area contributed by atoms with E-state index >= 15 is 0 Å². The predicted molar refractivity (Wildman–Crippen MR) is 119 cm³/mol. The summed E-state index contributed by atoms with van der Waals surface area (Å²) >= 11 is 0. The van der Waals surface area contributed by atoms with E-state index in [2.05, 4.69) is 41.4 Å². The van der Waals surface area contributed by atoms with Gasteiger partial charge in [0.1, 0.15) is 0 Å². The molecular weight excluding hydrogens is 381 g/mol. The number of benzene rings is 1. The maximum absolute atomic E-state index is 12.1. The Morgan fingerprint density at radius 3 is 2.52 bits per heavy atom. The highest BCUT2D eigenvalue weighted by atomic mass is 35.5. The van der Waals surface area contributed by atoms with Crippen molar-refractivity contribution >= 4 is 30.7 Å². The first-order valence-corrected chi connectivity index (χ1v) is 9.98. The summed E-state index contributed by atoms with van der Waals surface area (Å²) in [4.78, 5) is 14.6. The molecule has 156 valence electrons. The van der Waals surface area contributed by atoms with E-state index in [1.807, 2.05) is 0 Å². The zero-order valence-corrected chi connectivity index (χ0v) is 18.3. The van der Waals surface area contributed by atoms with Gasteiger partial charge in [0.25, 0.3) is 0 Å². The molecule has 0 saturated carbocycles. The molecule has 1 atom stereocenters. The van der Waals surface area contributed by atoms with Crippen LogP contribution in [0.15, 0.2) is 24.3 Å². The molecule has 1 amide bonds. The summed E-state index contributed by atoms with van der Waals surface area (Å²) in [6, 6.07) is 9.18. The van der Waals surface area contributed by atoms with Crippen molar-refractivity contribution in [1.82, 2.24) is 10.2 Å². The molecule has 0 radical (unpaired) electrons. The quantitative estimate of drug-likeness (QED) is 0.553. The van der Waals surface area contributed by atoms with E-state index in [9.17, 15) is 4.79 Å². The van der Waals surface area contributed by atoms with Crippen molar-refractivity contribution in [2.45, 2.75) is 77.4 Å². The van der Waals surface area contributed by atoms with Gasteiger partial charge >= 0.3 is 0 Å². The van der Waals surface area contributed by atoms with Gasteiger partial charge in [-0.3, -0.25) is 9.69 Å². The van der Waals surface area contributed by atoms with E-state index in [0.29, 0.717) is 19.0 Å². The minimum atomic E-state index is 0. The van der Waals surface area contributed by atoms with Crippen LogP contribution in [0.25, 0.3) is 0 Å². The van der Waals surface area contributed by atoms with Gasteiger partial charge in [-0.05, 0) is 56.8 Å². The molecular formula is C21H37Cl2N3O. The van der Waals surface area contributed by atoms with Gasteiger partial charge in [-0.25, -0.2) is 0 Å². The second kappa shape index (κ2) is 15.2. The summed E-state index contributed by atoms with van der Waals surface area (Å²) in [5.74, 6) is 0.161. The second-order valence-electron chi connectivity index (χ2n) is 7.31. The summed E-state index contributed by atoms with van der Waals surface area (Å²) in [5, 5.41) is 3.10. The summed E-state index contributed by atoms with van der Waals surface area (Å²) < 4.78 is 0. The molecule has 0 spiro atoms. The topological polar surface area (TPSA) is 58.4 Å². The molecule has 0 aromatic heterocycles. The van der Waals surface area contributed by atoms with Crippen LogP contribution in [0.3, 0.4) is 0 Å². The zero-order chi connectivity index (χ0) is 17.9. The molecule has 1 heterocycles. The number of rotatable bonds is 10. The molecule has 1 aromatic carbocycles. The van der Waals surface area contributed by atoms with Gasteiger partial charge in [0.05, 0.1) is 0 Å². The molecule has 4 nitrogen and oxygen atoms in total. The number of hydrogen-bond donors (Lipinski definition) is 2. The number of nitrogens with zero attached hydrogens (tertiary/aromatic N) is 1. The van der Waals surface area contributed by atoms with Crippen molar-refractivity contribution in [3.05, 3.63) is 35.4 Å². The first-order chi connectivity index (χ1) is 12.2. The normalized spacial score (nSPS) is 16.9. The monoisotopic (exact) mass is 417 g/mol. The van der Waals surface area contributed by atoms with Crippen LogP contribution in [-0.2, 0) is 17.9 Å². The Balaban J connectivity index is 0.00000338. The van der Waals surface area contributed by atoms with Crippen molar-refractivity contribution in [1.29, 1.82) is 0 Å². The van der Waals surface area contributed by atoms with Gasteiger partial charge in [0, 0.05) is 25.6 Å². The van der Waals surface area contributed by atoms with Crippen LogP contribution in [0, 0.1) is 0 Å². The average Bonchev–Trinajstić information content (AvgIpc) is 2.63. The minimum Gasteiger partial charge on any atom is -0.352 e. The number of likely N-dealkylation sites (tertiary alicyclic amines) is 1. The van der Waals surface area contributed by atoms with Gasteiger partial charge in [-0.2, -0.15) is 0 Å². The van der Waals surface area contributed by atoms with Crippen molar-refractivity contribution in [3.8, 4) is 0 Å². The maximum atomic E-state index is 12.1. The molecule has 27 heavy (non-hydrogen) atoms. The lowest BCUT2D eigenvalue weighted by atomic mass is 10.0. The number of piperidine rings is 1. The Labute approximate surface area is 177 Å². The first-order valence-electron chi connectivity index (χ1n) is 9.98. The van der Waals surface area contributed by atoms with Gasteiger partial charge in [-0.15, -0.1) is 24.8 Å². The van der Waals surface area contributed by atoms with Crippen molar-refractivity contribution in [2.24, 2.45) is 5.73 Å². The molecule has 6 heteroatoms. The molecule has 1 aliphatic heterocycles. The molecule has 3 N–H and O–H groups in total. The standard InChI is InChI=1S/C21H35N3O.2ClH/c1-18-10-7-9-15-24(18)17-20-12-6-5-11-19(20)16-23-21(25)13-4-2-3-8-14-22;;/h5-6,11-12,18H,2-4,7-10,13-17,22H2,1H3,(H,23,25);2*1H. The number of halogens is 2. The fourth-order valence-electron chi connectivity index (χ4n) is 3.56. The highest BCUT2D eigenvalue weighted by Crippen LogP contribution is 2.20. The predicted octanol–water partition coefficient (Wildman–Crippen LogP) is 4.43. The average molecular weight is 418 g/mol. The molecule has 1 saturated heterocycles. The van der Waals surface area contributed by atoms with E-state index in [4.69, 9.17) is 5.73 Å². The molecule has 1 fully saturated rings. The third-order valence-electron chi connectivity index (χ3n) is 5.27. The Morgan fingerprint density at radius 2 is 1.81 bits per heavy atom. The third kappa shape index (κ3) is 9.79. The van der Waals surface area contributed by atoms with Gasteiger partial charge in [0.15, 0.2) is 0 Å². The third-order valence-corrected chi connectivity index (χ3v) is 5.27. The molecule has 0 aliphatic carbocycles. The van der Waals surface area contributed by atoms with E-state index in [1.54, 1.807) is 0 Å². The number of amides is 1. The number of hydrogen-bond acceptors (Lipinski definition) is 3. The van der Waals surface area contributed by atoms with Crippen LogP contribution in [0.5, 0.6) is 0 Å². The summed E-state index contributed by atoms with van der Waals surface area (Å²) in [7, 11) is 0. The fraction of sp³-hybridized carbons (Fsp3) is 0.667. The highest BCUT2D eigenvalue weighted by molar-refractivity contribution is 5.85. The van der Waals surface area contributed by atoms with Crippen LogP contribution in [-0.4, -0.2) is 29.9 Å². The van der Waals surface area contributed by atoms with Crippen LogP contribution >= 0.6 is 24.8 Å². The second-order valence-corrected chi connectivity index (χ2v) is 7.31. The molecule has 1 aliphatic rings. The van der Waals surface area contributed by atoms with E-state index in [0.717, 1.165) is 38.8 Å². The fourth-order valence-corrected chi connectivity index (χ4v) is 3.56. The first kappa shape index (κ1) is 26.2. The highest BCUT2D eigenvalue weighted by Gasteiger charge is 2.19. The summed E-state index contributed by atoms with van der Waals surface area (Å²) in [6.07, 6.45) is 8.80. The largest absolute Gasteiger partial charge is 0.352 e. The molecule has 1 unspecified atom stereocenters. The maximum Gasteiger partial charge on any atom is 0.220 e. The summed E-state index contributed by atoms with van der Waals surface area (Å²) in [6.45, 7) is 5.89. The summed E-state index contributed by atoms with van der Waals surface area (Å²) in [5.41, 5.74) is 8.08. The Hall–Kier alpha value is -0.810. The number of unbranched alkanes of at least 4 members (excludes halogenated alkanes) is 3. The molecule has 2 rings (SSSR count).